The van der Waals surface area contributed by atoms with Crippen LogP contribution in [0.2, 0.25) is 0 Å². The van der Waals surface area contributed by atoms with Gasteiger partial charge in [0.1, 0.15) is 0 Å². The van der Waals surface area contributed by atoms with Crippen molar-refractivity contribution in [1.82, 2.24) is 5.32 Å². The lowest BCUT2D eigenvalue weighted by molar-refractivity contribution is -0.132. The lowest BCUT2D eigenvalue weighted by Gasteiger charge is -2.46. The molecule has 1 rings (SSSR count). The zero-order chi connectivity index (χ0) is 24.0. The average Bonchev–Trinajstić information content (AvgIpc) is 2.54. The molecule has 0 aromatic rings. The third-order valence-electron chi connectivity index (χ3n) is 5.76. The van der Waals surface area contributed by atoms with Gasteiger partial charge in [0.25, 0.3) is 19.7 Å². The van der Waals surface area contributed by atoms with E-state index in [-0.39, 0.29) is 25.7 Å². The summed E-state index contributed by atoms with van der Waals surface area (Å²) >= 11 is 0. The molecule has 1 aliphatic carbocycles. The molecule has 0 heterocycles. The van der Waals surface area contributed by atoms with Crippen molar-refractivity contribution in [3.63, 3.8) is 0 Å². The minimum Gasteiger partial charge on any atom is -0.350 e. The van der Waals surface area contributed by atoms with Crippen LogP contribution in [0.4, 0.5) is 26.3 Å². The van der Waals surface area contributed by atoms with Crippen LogP contribution in [0.25, 0.3) is 0 Å². The molecule has 2 atom stereocenters. The maximum Gasteiger partial charge on any atom is 0.498 e. The van der Waals surface area contributed by atoms with Gasteiger partial charge in [0.15, 0.2) is 4.58 Å². The fourth-order valence-electron chi connectivity index (χ4n) is 3.40. The third kappa shape index (κ3) is 4.89. The Hall–Kier alpha value is -1.05. The number of sulfone groups is 2. The number of carbonyl (C=O) groups is 1. The maximum atomic E-state index is 13.2. The van der Waals surface area contributed by atoms with Crippen molar-refractivity contribution < 1.29 is 48.0 Å². The molecule has 1 amide bonds. The van der Waals surface area contributed by atoms with E-state index >= 15 is 0 Å². The van der Waals surface area contributed by atoms with Crippen molar-refractivity contribution in [1.29, 1.82) is 0 Å². The SMILES string of the molecule is CCC(C)(C)C(=O)NC1(C)CCCCC1C(S(=O)(=O)C(F)(F)F)S(=O)(=O)C(F)(F)F. The molecule has 2 unspecified atom stereocenters. The molecular weight excluding hydrogens is 464 g/mol. The number of hydrogen-bond donors (Lipinski definition) is 1. The van der Waals surface area contributed by atoms with Gasteiger partial charge < -0.3 is 5.32 Å². The first-order chi connectivity index (χ1) is 13.1. The molecule has 0 aliphatic heterocycles. The number of carbonyl (C=O) groups excluding carboxylic acids is 1. The van der Waals surface area contributed by atoms with Crippen molar-refractivity contribution in [2.45, 2.75) is 80.9 Å². The van der Waals surface area contributed by atoms with Crippen molar-refractivity contribution in [3.05, 3.63) is 0 Å². The Kier molecular flexibility index (Phi) is 7.32. The van der Waals surface area contributed by atoms with Gasteiger partial charge in [0.2, 0.25) is 5.91 Å². The molecule has 14 heteroatoms. The van der Waals surface area contributed by atoms with Gasteiger partial charge in [-0.3, -0.25) is 4.79 Å². The quantitative estimate of drug-likeness (QED) is 0.574. The normalized spacial score (nSPS) is 24.7. The van der Waals surface area contributed by atoms with Crippen LogP contribution in [-0.4, -0.2) is 43.9 Å². The van der Waals surface area contributed by atoms with Gasteiger partial charge in [0, 0.05) is 16.9 Å². The van der Waals surface area contributed by atoms with Crippen molar-refractivity contribution >= 4 is 25.6 Å². The van der Waals surface area contributed by atoms with E-state index in [4.69, 9.17) is 0 Å². The van der Waals surface area contributed by atoms with Crippen LogP contribution in [0, 0.1) is 11.3 Å². The van der Waals surface area contributed by atoms with Crippen LogP contribution in [0.1, 0.15) is 59.8 Å². The summed E-state index contributed by atoms with van der Waals surface area (Å²) in [6.07, 6.45) is -0.209. The van der Waals surface area contributed by atoms with Gasteiger partial charge in [0.05, 0.1) is 0 Å². The monoisotopic (exact) mass is 489 g/mol. The van der Waals surface area contributed by atoms with Gasteiger partial charge in [-0.25, -0.2) is 16.8 Å². The predicted molar refractivity (Wildman–Crippen MR) is 96.3 cm³/mol. The van der Waals surface area contributed by atoms with E-state index in [0.717, 1.165) is 6.92 Å². The van der Waals surface area contributed by atoms with Gasteiger partial charge in [-0.2, -0.15) is 26.3 Å². The molecule has 0 aromatic heterocycles. The fourth-order valence-corrected chi connectivity index (χ4v) is 7.66. The molecule has 0 spiro atoms. The highest BCUT2D eigenvalue weighted by Gasteiger charge is 2.67. The van der Waals surface area contributed by atoms with Crippen LogP contribution in [-0.2, 0) is 24.5 Å². The van der Waals surface area contributed by atoms with E-state index in [1.54, 1.807) is 6.92 Å². The molecule has 1 aliphatic rings. The zero-order valence-electron chi connectivity index (χ0n) is 16.8. The average molecular weight is 490 g/mol. The van der Waals surface area contributed by atoms with Crippen LogP contribution < -0.4 is 5.32 Å². The fraction of sp³-hybridized carbons (Fsp3) is 0.938. The van der Waals surface area contributed by atoms with Gasteiger partial charge in [-0.05, 0) is 26.2 Å². The molecule has 0 aromatic carbocycles. The topological polar surface area (TPSA) is 97.4 Å². The molecule has 0 saturated heterocycles. The Balaban J connectivity index is 3.70. The van der Waals surface area contributed by atoms with Crippen LogP contribution in [0.15, 0.2) is 0 Å². The summed E-state index contributed by atoms with van der Waals surface area (Å²) in [5.74, 6) is -2.88. The van der Waals surface area contributed by atoms with E-state index < -0.39 is 64.5 Å². The Morgan fingerprint density at radius 1 is 1.00 bits per heavy atom. The summed E-state index contributed by atoms with van der Waals surface area (Å²) in [5.41, 5.74) is -15.4. The number of amides is 1. The Morgan fingerprint density at radius 3 is 1.80 bits per heavy atom. The minimum atomic E-state index is -6.79. The minimum absolute atomic E-state index is 0.00452. The Morgan fingerprint density at radius 2 is 1.43 bits per heavy atom. The number of nitrogens with one attached hydrogen (secondary N) is 1. The molecule has 30 heavy (non-hydrogen) atoms. The maximum absolute atomic E-state index is 13.2. The van der Waals surface area contributed by atoms with Crippen molar-refractivity contribution in [3.8, 4) is 0 Å². The molecular formula is C16H25F6NO5S2. The second kappa shape index (κ2) is 8.14. The number of alkyl halides is 6. The number of halogens is 6. The number of rotatable bonds is 6. The summed E-state index contributed by atoms with van der Waals surface area (Å²) in [6.45, 7) is 5.69. The van der Waals surface area contributed by atoms with Gasteiger partial charge >= 0.3 is 11.0 Å². The summed E-state index contributed by atoms with van der Waals surface area (Å²) in [6, 6.07) is 0. The Labute approximate surface area is 171 Å². The number of hydrogen-bond acceptors (Lipinski definition) is 5. The highest BCUT2D eigenvalue weighted by atomic mass is 32.3. The predicted octanol–water partition coefficient (Wildman–Crippen LogP) is 3.68. The largest absolute Gasteiger partial charge is 0.498 e. The first-order valence-corrected chi connectivity index (χ1v) is 12.2. The zero-order valence-corrected chi connectivity index (χ0v) is 18.4. The summed E-state index contributed by atoms with van der Waals surface area (Å²) in [5, 5.41) is 2.36. The molecule has 0 bridgehead atoms. The van der Waals surface area contributed by atoms with E-state index in [2.05, 4.69) is 5.32 Å². The standard InChI is InChI=1S/C16H25F6NO5S2/c1-5-13(2,3)12(24)23-14(4)9-7-6-8-10(14)11(29(25,26)15(17,18)19)30(27,28)16(20,21)22/h10-11H,5-9H2,1-4H3,(H,23,24). The lowest BCUT2D eigenvalue weighted by atomic mass is 9.73. The van der Waals surface area contributed by atoms with Crippen LogP contribution in [0.3, 0.4) is 0 Å². The van der Waals surface area contributed by atoms with Gasteiger partial charge in [-0.1, -0.05) is 33.6 Å². The van der Waals surface area contributed by atoms with Crippen molar-refractivity contribution in [2.75, 3.05) is 0 Å². The van der Waals surface area contributed by atoms with E-state index in [1.165, 1.54) is 13.8 Å². The summed E-state index contributed by atoms with van der Waals surface area (Å²) < 4.78 is 124. The summed E-state index contributed by atoms with van der Waals surface area (Å²) in [4.78, 5) is 12.6. The van der Waals surface area contributed by atoms with E-state index in [1.807, 2.05) is 0 Å². The second-order valence-corrected chi connectivity index (χ2v) is 12.7. The molecule has 1 saturated carbocycles. The first kappa shape index (κ1) is 27.0. The second-order valence-electron chi connectivity index (χ2n) is 8.31. The van der Waals surface area contributed by atoms with E-state index in [9.17, 15) is 48.0 Å². The van der Waals surface area contributed by atoms with E-state index in [0.29, 0.717) is 0 Å². The van der Waals surface area contributed by atoms with Gasteiger partial charge in [-0.15, -0.1) is 0 Å². The highest BCUT2D eigenvalue weighted by Crippen LogP contribution is 2.47. The van der Waals surface area contributed by atoms with Crippen LogP contribution in [0.5, 0.6) is 0 Å². The Bertz CT molecular complexity index is 820. The third-order valence-corrected chi connectivity index (χ3v) is 10.5. The smallest absolute Gasteiger partial charge is 0.350 e. The molecule has 178 valence electrons. The molecule has 0 radical (unpaired) electrons. The molecule has 1 fully saturated rings. The lowest BCUT2D eigenvalue weighted by Crippen LogP contribution is -2.63. The highest BCUT2D eigenvalue weighted by molar-refractivity contribution is 8.09. The van der Waals surface area contributed by atoms with Crippen LogP contribution >= 0.6 is 0 Å². The van der Waals surface area contributed by atoms with Crippen molar-refractivity contribution in [2.24, 2.45) is 11.3 Å². The first-order valence-electron chi connectivity index (χ1n) is 9.08. The molecule has 1 N–H and O–H groups in total. The molecule has 6 nitrogen and oxygen atoms in total. The summed E-state index contributed by atoms with van der Waals surface area (Å²) in [7, 11) is -13.6.